The molecule has 0 aliphatic carbocycles. The Kier molecular flexibility index (Phi) is 4.34. The molecule has 0 atom stereocenters. The van der Waals surface area contributed by atoms with Crippen LogP contribution in [0.5, 0.6) is 0 Å². The number of piperazine rings is 1. The van der Waals surface area contributed by atoms with E-state index in [-0.39, 0.29) is 11.5 Å². The Morgan fingerprint density at radius 1 is 1.29 bits per heavy atom. The summed E-state index contributed by atoms with van der Waals surface area (Å²) in [6.45, 7) is 5.66. The first kappa shape index (κ1) is 16.2. The number of nitrogen functional groups attached to an aromatic ring is 1. The van der Waals surface area contributed by atoms with Crippen molar-refractivity contribution in [2.24, 2.45) is 7.05 Å². The lowest BCUT2D eigenvalue weighted by atomic mass is 10.1. The molecule has 0 unspecified atom stereocenters. The summed E-state index contributed by atoms with van der Waals surface area (Å²) in [5.41, 5.74) is 8.03. The summed E-state index contributed by atoms with van der Waals surface area (Å²) in [4.78, 5) is 23.5. The summed E-state index contributed by atoms with van der Waals surface area (Å²) in [5.74, 6) is -0.0310. The van der Waals surface area contributed by atoms with Crippen molar-refractivity contribution in [2.75, 3.05) is 36.8 Å². The van der Waals surface area contributed by atoms with Crippen molar-refractivity contribution in [3.63, 3.8) is 0 Å². The maximum atomic E-state index is 11.4. The fourth-order valence-electron chi connectivity index (χ4n) is 3.08. The highest BCUT2D eigenvalue weighted by Crippen LogP contribution is 2.35. The monoisotopic (exact) mass is 331 g/mol. The van der Waals surface area contributed by atoms with Gasteiger partial charge in [-0.15, -0.1) is 0 Å². The van der Waals surface area contributed by atoms with Crippen LogP contribution in [0.25, 0.3) is 0 Å². The smallest absolute Gasteiger partial charge is 0.334 e. The van der Waals surface area contributed by atoms with Gasteiger partial charge in [0.05, 0.1) is 16.9 Å². The Balaban J connectivity index is 1.73. The molecule has 1 saturated heterocycles. The first-order valence-corrected chi connectivity index (χ1v) is 7.79. The second-order valence-corrected chi connectivity index (χ2v) is 6.07. The maximum absolute atomic E-state index is 11.4. The topological polar surface area (TPSA) is 106 Å². The standard InChI is InChI=1S/C15H21N7O2/c1-11-7-17-15(16)14(22(23)24)13(11)21-5-3-20(4-6-21)9-12-8-19(2)10-18-12/h7-8,10H,3-6,9H2,1-2H3,(H2,16,17). The molecule has 2 aromatic heterocycles. The van der Waals surface area contributed by atoms with Crippen molar-refractivity contribution in [3.8, 4) is 0 Å². The summed E-state index contributed by atoms with van der Waals surface area (Å²) in [6, 6.07) is 0. The number of aromatic nitrogens is 3. The summed E-state index contributed by atoms with van der Waals surface area (Å²) in [7, 11) is 1.95. The second-order valence-electron chi connectivity index (χ2n) is 6.07. The van der Waals surface area contributed by atoms with E-state index in [2.05, 4.69) is 14.9 Å². The van der Waals surface area contributed by atoms with E-state index in [1.165, 1.54) is 0 Å². The summed E-state index contributed by atoms with van der Waals surface area (Å²) in [5, 5.41) is 11.4. The molecule has 9 heteroatoms. The quantitative estimate of drug-likeness (QED) is 0.656. The highest BCUT2D eigenvalue weighted by molar-refractivity contribution is 5.75. The number of hydrogen-bond donors (Lipinski definition) is 1. The zero-order valence-corrected chi connectivity index (χ0v) is 13.8. The predicted octanol–water partition coefficient (Wildman–Crippen LogP) is 0.936. The molecule has 128 valence electrons. The molecule has 1 fully saturated rings. The van der Waals surface area contributed by atoms with E-state index in [9.17, 15) is 10.1 Å². The molecule has 1 aliphatic heterocycles. The van der Waals surface area contributed by atoms with Gasteiger partial charge in [0, 0.05) is 52.2 Å². The van der Waals surface area contributed by atoms with Crippen LogP contribution < -0.4 is 10.6 Å². The molecule has 3 heterocycles. The zero-order chi connectivity index (χ0) is 17.3. The lowest BCUT2D eigenvalue weighted by Gasteiger charge is -2.36. The number of hydrogen-bond acceptors (Lipinski definition) is 7. The van der Waals surface area contributed by atoms with E-state index >= 15 is 0 Å². The molecule has 0 spiro atoms. The predicted molar refractivity (Wildman–Crippen MR) is 90.7 cm³/mol. The Hall–Kier alpha value is -2.68. The van der Waals surface area contributed by atoms with Crippen molar-refractivity contribution in [1.82, 2.24) is 19.4 Å². The first-order valence-electron chi connectivity index (χ1n) is 7.79. The Labute approximate surface area is 139 Å². The van der Waals surface area contributed by atoms with Gasteiger partial charge in [0.15, 0.2) is 0 Å². The van der Waals surface area contributed by atoms with Crippen molar-refractivity contribution >= 4 is 17.2 Å². The van der Waals surface area contributed by atoms with Crippen molar-refractivity contribution in [2.45, 2.75) is 13.5 Å². The molecule has 0 bridgehead atoms. The minimum Gasteiger partial charge on any atom is -0.378 e. The van der Waals surface area contributed by atoms with E-state index in [4.69, 9.17) is 5.73 Å². The van der Waals surface area contributed by atoms with Crippen LogP contribution >= 0.6 is 0 Å². The third-order valence-corrected chi connectivity index (χ3v) is 4.25. The van der Waals surface area contributed by atoms with Crippen LogP contribution in [0.1, 0.15) is 11.3 Å². The second kappa shape index (κ2) is 6.44. The lowest BCUT2D eigenvalue weighted by molar-refractivity contribution is -0.383. The minimum atomic E-state index is -0.440. The number of aryl methyl sites for hydroxylation is 2. The van der Waals surface area contributed by atoms with Gasteiger partial charge in [-0.2, -0.15) is 0 Å². The van der Waals surface area contributed by atoms with Gasteiger partial charge in [0.2, 0.25) is 5.82 Å². The Morgan fingerprint density at radius 2 is 2.00 bits per heavy atom. The summed E-state index contributed by atoms with van der Waals surface area (Å²) >= 11 is 0. The fraction of sp³-hybridized carbons (Fsp3) is 0.467. The van der Waals surface area contributed by atoms with Gasteiger partial charge >= 0.3 is 5.69 Å². The summed E-state index contributed by atoms with van der Waals surface area (Å²) in [6.07, 6.45) is 5.39. The van der Waals surface area contributed by atoms with Crippen LogP contribution in [0.15, 0.2) is 18.7 Å². The summed E-state index contributed by atoms with van der Waals surface area (Å²) < 4.78 is 1.93. The van der Waals surface area contributed by atoms with E-state index in [1.807, 2.05) is 29.6 Å². The van der Waals surface area contributed by atoms with Crippen molar-refractivity contribution < 1.29 is 4.92 Å². The molecular weight excluding hydrogens is 310 g/mol. The molecule has 3 rings (SSSR count). The van der Waals surface area contributed by atoms with Crippen LogP contribution in [-0.4, -0.2) is 50.5 Å². The van der Waals surface area contributed by atoms with Crippen LogP contribution in [0.2, 0.25) is 0 Å². The molecule has 0 amide bonds. The molecule has 2 N–H and O–H groups in total. The maximum Gasteiger partial charge on any atom is 0.334 e. The number of nitro groups is 1. The van der Waals surface area contributed by atoms with E-state index in [0.29, 0.717) is 18.8 Å². The fourth-order valence-corrected chi connectivity index (χ4v) is 3.08. The van der Waals surface area contributed by atoms with E-state index in [0.717, 1.165) is 30.9 Å². The number of nitrogens with zero attached hydrogens (tertiary/aromatic N) is 6. The number of pyridine rings is 1. The molecule has 9 nitrogen and oxygen atoms in total. The molecule has 2 aromatic rings. The van der Waals surface area contributed by atoms with Crippen LogP contribution in [-0.2, 0) is 13.6 Å². The normalized spacial score (nSPS) is 15.7. The SMILES string of the molecule is Cc1cnc(N)c([N+](=O)[O-])c1N1CCN(Cc2cn(C)cn2)CC1. The molecule has 0 radical (unpaired) electrons. The van der Waals surface area contributed by atoms with Gasteiger partial charge in [-0.1, -0.05) is 0 Å². The van der Waals surface area contributed by atoms with Crippen molar-refractivity contribution in [1.29, 1.82) is 0 Å². The number of rotatable bonds is 4. The van der Waals surface area contributed by atoms with Crippen LogP contribution in [0.3, 0.4) is 0 Å². The van der Waals surface area contributed by atoms with E-state index < -0.39 is 4.92 Å². The van der Waals surface area contributed by atoms with Gasteiger partial charge in [-0.3, -0.25) is 15.0 Å². The lowest BCUT2D eigenvalue weighted by Crippen LogP contribution is -2.46. The number of anilines is 2. The third-order valence-electron chi connectivity index (χ3n) is 4.25. The molecule has 0 saturated carbocycles. The molecule has 1 aliphatic rings. The van der Waals surface area contributed by atoms with Gasteiger partial charge in [0.25, 0.3) is 0 Å². The number of nitrogens with two attached hydrogens (primary N) is 1. The van der Waals surface area contributed by atoms with Gasteiger partial charge in [-0.05, 0) is 12.5 Å². The van der Waals surface area contributed by atoms with Gasteiger partial charge in [-0.25, -0.2) is 9.97 Å². The third kappa shape index (κ3) is 3.16. The Morgan fingerprint density at radius 3 is 2.58 bits per heavy atom. The van der Waals surface area contributed by atoms with E-state index in [1.54, 1.807) is 12.5 Å². The zero-order valence-electron chi connectivity index (χ0n) is 13.8. The highest BCUT2D eigenvalue weighted by Gasteiger charge is 2.28. The molecule has 24 heavy (non-hydrogen) atoms. The average molecular weight is 331 g/mol. The molecular formula is C15H21N7O2. The molecule has 0 aromatic carbocycles. The van der Waals surface area contributed by atoms with Crippen molar-refractivity contribution in [3.05, 3.63) is 40.1 Å². The minimum absolute atomic E-state index is 0.0310. The average Bonchev–Trinajstić information content (AvgIpc) is 2.95. The highest BCUT2D eigenvalue weighted by atomic mass is 16.6. The van der Waals surface area contributed by atoms with Crippen LogP contribution in [0.4, 0.5) is 17.2 Å². The van der Waals surface area contributed by atoms with Crippen LogP contribution in [0, 0.1) is 17.0 Å². The van der Waals surface area contributed by atoms with Gasteiger partial charge in [0.1, 0.15) is 5.69 Å². The number of imidazole rings is 1. The van der Waals surface area contributed by atoms with Gasteiger partial charge < -0.3 is 15.2 Å². The Bertz CT molecular complexity index is 750. The largest absolute Gasteiger partial charge is 0.378 e. The first-order chi connectivity index (χ1) is 11.5.